The van der Waals surface area contributed by atoms with Gasteiger partial charge in [-0.05, 0) is 80.6 Å². The molecule has 9 fully saturated rings. The maximum atomic E-state index is 15.3. The van der Waals surface area contributed by atoms with Gasteiger partial charge in [0.25, 0.3) is 0 Å². The SMILES string of the molecule is C=C1CC2CCC3[C@](C)(C(=O)OC4OC(CO)C(O)C(OC5OC(CO)C(O)C(O)C5O)C4OC4OC(CO)C(O)C(O)C4O)CCC[C@@]3(C)[C@@H]2CCC1OC1OC(CO)C(O)C(OC2OC(CO)C(O)C(O)C2O)C1OC1OC(CO)C(O)C(O)C1O. The molecule has 9 aliphatic rings. The third-order valence-electron chi connectivity index (χ3n) is 20.1. The van der Waals surface area contributed by atoms with E-state index in [1.54, 1.807) is 6.92 Å². The van der Waals surface area contributed by atoms with Gasteiger partial charge in [0.05, 0.1) is 51.2 Å². The first-order chi connectivity index (χ1) is 41.7. The van der Waals surface area contributed by atoms with E-state index >= 15 is 4.79 Å². The van der Waals surface area contributed by atoms with Crippen molar-refractivity contribution in [3.8, 4) is 0 Å². The molecule has 508 valence electrons. The summed E-state index contributed by atoms with van der Waals surface area (Å²) in [6, 6.07) is 0. The van der Waals surface area contributed by atoms with Crippen molar-refractivity contribution in [2.75, 3.05) is 39.6 Å². The lowest BCUT2D eigenvalue weighted by Gasteiger charge is -2.59. The van der Waals surface area contributed by atoms with Gasteiger partial charge < -0.3 is 159 Å². The molecule has 6 aliphatic heterocycles. The highest BCUT2D eigenvalue weighted by molar-refractivity contribution is 5.77. The van der Waals surface area contributed by atoms with Gasteiger partial charge in [-0.3, -0.25) is 4.79 Å². The Kier molecular flexibility index (Phi) is 23.1. The average Bonchev–Trinajstić information content (AvgIpc) is 1.73. The number of rotatable bonds is 18. The van der Waals surface area contributed by atoms with Gasteiger partial charge in [-0.15, -0.1) is 0 Å². The number of hydrogen-bond donors (Lipinski definition) is 20. The number of aliphatic hydroxyl groups is 20. The minimum absolute atomic E-state index is 0.0754. The molecular formula is C55H90O33. The maximum Gasteiger partial charge on any atom is 0.314 e. The van der Waals surface area contributed by atoms with Crippen LogP contribution < -0.4 is 0 Å². The van der Waals surface area contributed by atoms with E-state index in [4.69, 9.17) is 56.8 Å². The van der Waals surface area contributed by atoms with Gasteiger partial charge in [0.1, 0.15) is 140 Å². The zero-order valence-electron chi connectivity index (χ0n) is 48.5. The fourth-order valence-corrected chi connectivity index (χ4v) is 15.0. The molecule has 0 aromatic rings. The highest BCUT2D eigenvalue weighted by Gasteiger charge is 2.63. The molecule has 6 saturated heterocycles. The second-order valence-corrected chi connectivity index (χ2v) is 25.4. The summed E-state index contributed by atoms with van der Waals surface area (Å²) < 4.78 is 72.1. The van der Waals surface area contributed by atoms with Crippen LogP contribution >= 0.6 is 0 Å². The molecule has 0 spiro atoms. The molecule has 33 unspecified atom stereocenters. The number of fused-ring (bicyclic) bond motifs is 3. The van der Waals surface area contributed by atoms with Crippen molar-refractivity contribution in [2.45, 2.75) is 256 Å². The minimum Gasteiger partial charge on any atom is -0.432 e. The molecule has 88 heavy (non-hydrogen) atoms. The third-order valence-corrected chi connectivity index (χ3v) is 20.1. The molecule has 0 aromatic heterocycles. The minimum atomic E-state index is -2.08. The summed E-state index contributed by atoms with van der Waals surface area (Å²) >= 11 is 0. The van der Waals surface area contributed by atoms with Crippen molar-refractivity contribution in [1.82, 2.24) is 0 Å². The first-order valence-corrected chi connectivity index (χ1v) is 30.0. The topological polar surface area (TPSA) is 532 Å². The molecule has 36 atom stereocenters. The molecule has 6 heterocycles. The standard InChI is InChI=1S/C55H90O33/c1-18-11-19-5-8-28-54(2,20(19)6-7-21(18)77-51-45(86-49-41(74)37(70)31(64)24(14-58)80-49)43(33(66)26(16-60)82-51)84-47-39(72)35(68)29(62)22(12-56)78-47)9-4-10-55(28,3)53(76)88-52-46(87-50-42(75)38(71)32(65)25(15-59)81-50)44(34(67)27(17-61)83-52)85-48-40(73)36(69)30(63)23(13-57)79-48/h19-52,56-75H,1,4-17H2,2-3H3/t19?,20-,21?,22?,23?,24?,25?,26?,27?,28?,29?,30?,31?,32?,33?,34?,35?,36?,37?,38?,39?,40?,41?,42?,43?,44?,45?,46?,47?,48?,49?,50?,51?,52?,54+,55-/m1/s1. The van der Waals surface area contributed by atoms with Crippen molar-refractivity contribution in [2.24, 2.45) is 28.6 Å². The summed E-state index contributed by atoms with van der Waals surface area (Å²) in [7, 11) is 0. The van der Waals surface area contributed by atoms with Gasteiger partial charge >= 0.3 is 5.97 Å². The number of esters is 1. The van der Waals surface area contributed by atoms with Crippen molar-refractivity contribution in [1.29, 1.82) is 0 Å². The predicted molar refractivity (Wildman–Crippen MR) is 282 cm³/mol. The van der Waals surface area contributed by atoms with E-state index in [1.807, 2.05) is 0 Å². The van der Waals surface area contributed by atoms with Crippen LogP contribution in [0.2, 0.25) is 0 Å². The molecule has 33 heteroatoms. The number of carbonyl (C=O) groups excluding carboxylic acids is 1. The Hall–Kier alpha value is -2.03. The van der Waals surface area contributed by atoms with E-state index in [9.17, 15) is 102 Å². The Balaban J connectivity index is 0.971. The molecular weight excluding hydrogens is 1190 g/mol. The highest BCUT2D eigenvalue weighted by atomic mass is 16.8. The molecule has 0 aromatic carbocycles. The number of hydrogen-bond acceptors (Lipinski definition) is 33. The van der Waals surface area contributed by atoms with Gasteiger partial charge in [-0.2, -0.15) is 0 Å². The number of ether oxygens (including phenoxy) is 12. The molecule has 0 bridgehead atoms. The Morgan fingerprint density at radius 3 is 1.17 bits per heavy atom. The van der Waals surface area contributed by atoms with Crippen LogP contribution in [0.5, 0.6) is 0 Å². The maximum absolute atomic E-state index is 15.3. The van der Waals surface area contributed by atoms with Crippen LogP contribution in [0.25, 0.3) is 0 Å². The van der Waals surface area contributed by atoms with Gasteiger partial charge in [0, 0.05) is 0 Å². The first kappa shape index (κ1) is 70.3. The zero-order chi connectivity index (χ0) is 64.2. The normalized spacial score (nSPS) is 52.9. The Bertz CT molecular complexity index is 2270. The average molecular weight is 1280 g/mol. The van der Waals surface area contributed by atoms with Crippen LogP contribution in [0, 0.1) is 28.6 Å². The molecule has 0 radical (unpaired) electrons. The molecule has 9 rings (SSSR count). The summed E-state index contributed by atoms with van der Waals surface area (Å²) in [6.45, 7) is 2.87. The van der Waals surface area contributed by atoms with E-state index in [-0.39, 0.29) is 24.7 Å². The monoisotopic (exact) mass is 1280 g/mol. The Morgan fingerprint density at radius 1 is 0.420 bits per heavy atom. The van der Waals surface area contributed by atoms with Crippen molar-refractivity contribution < 1.29 is 164 Å². The van der Waals surface area contributed by atoms with Crippen molar-refractivity contribution >= 4 is 5.97 Å². The second kappa shape index (κ2) is 28.9. The summed E-state index contributed by atoms with van der Waals surface area (Å²) in [5.41, 5.74) is -1.43. The van der Waals surface area contributed by atoms with E-state index < -0.39 is 253 Å². The lowest BCUT2D eigenvalue weighted by molar-refractivity contribution is -0.394. The summed E-state index contributed by atoms with van der Waals surface area (Å²) in [6.07, 6.45) is -53.1. The van der Waals surface area contributed by atoms with Gasteiger partial charge in [-0.1, -0.05) is 19.9 Å². The lowest BCUT2D eigenvalue weighted by atomic mass is 9.45. The van der Waals surface area contributed by atoms with Crippen LogP contribution in [0.4, 0.5) is 0 Å². The van der Waals surface area contributed by atoms with Crippen LogP contribution in [0.1, 0.15) is 65.2 Å². The zero-order valence-corrected chi connectivity index (χ0v) is 48.5. The molecule has 3 aliphatic carbocycles. The summed E-state index contributed by atoms with van der Waals surface area (Å²) in [5, 5.41) is 214. The fourth-order valence-electron chi connectivity index (χ4n) is 15.0. The van der Waals surface area contributed by atoms with Gasteiger partial charge in [0.2, 0.25) is 6.29 Å². The summed E-state index contributed by atoms with van der Waals surface area (Å²) in [5.74, 6) is -1.53. The quantitative estimate of drug-likeness (QED) is 0.0448. The second-order valence-electron chi connectivity index (χ2n) is 25.4. The summed E-state index contributed by atoms with van der Waals surface area (Å²) in [4.78, 5) is 15.3. The van der Waals surface area contributed by atoms with E-state index in [0.717, 1.165) is 0 Å². The van der Waals surface area contributed by atoms with Gasteiger partial charge in [0.15, 0.2) is 37.6 Å². The molecule has 20 N–H and O–H groups in total. The van der Waals surface area contributed by atoms with Crippen LogP contribution in [-0.2, 0) is 61.6 Å². The molecule has 33 nitrogen and oxygen atoms in total. The van der Waals surface area contributed by atoms with Crippen LogP contribution in [0.3, 0.4) is 0 Å². The van der Waals surface area contributed by atoms with Crippen LogP contribution in [-0.4, -0.2) is 338 Å². The molecule has 0 amide bonds. The predicted octanol–water partition coefficient (Wildman–Crippen LogP) is -9.61. The Morgan fingerprint density at radius 2 is 0.773 bits per heavy atom. The van der Waals surface area contributed by atoms with Crippen molar-refractivity contribution in [3.05, 3.63) is 12.2 Å². The van der Waals surface area contributed by atoms with E-state index in [1.165, 1.54) is 0 Å². The first-order valence-electron chi connectivity index (χ1n) is 30.0. The lowest BCUT2D eigenvalue weighted by Crippen LogP contribution is -2.67. The smallest absolute Gasteiger partial charge is 0.314 e. The van der Waals surface area contributed by atoms with E-state index in [0.29, 0.717) is 44.1 Å². The third kappa shape index (κ3) is 13.4. The van der Waals surface area contributed by atoms with Gasteiger partial charge in [-0.25, -0.2) is 0 Å². The molecule has 3 saturated carbocycles. The van der Waals surface area contributed by atoms with E-state index in [2.05, 4.69) is 13.5 Å². The fraction of sp³-hybridized carbons (Fsp3) is 0.945. The Labute approximate surface area is 504 Å². The highest BCUT2D eigenvalue weighted by Crippen LogP contribution is 2.64. The number of carbonyl (C=O) groups is 1. The van der Waals surface area contributed by atoms with Crippen LogP contribution in [0.15, 0.2) is 12.2 Å². The van der Waals surface area contributed by atoms with Crippen molar-refractivity contribution in [3.63, 3.8) is 0 Å². The number of aliphatic hydroxyl groups excluding tert-OH is 20. The largest absolute Gasteiger partial charge is 0.432 e.